The normalized spacial score (nSPS) is 9.10. The van der Waals surface area contributed by atoms with Crippen molar-refractivity contribution in [2.24, 2.45) is 0 Å². The van der Waals surface area contributed by atoms with Crippen molar-refractivity contribution >= 4 is 17.9 Å². The van der Waals surface area contributed by atoms with E-state index in [1.54, 1.807) is 19.1 Å². The van der Waals surface area contributed by atoms with Gasteiger partial charge < -0.3 is 24.8 Å². The Balaban J connectivity index is 0.000000511. The maximum Gasteiger partial charge on any atom is 0.414 e. The Kier molecular flexibility index (Phi) is 7.38. The molecule has 3 N–H and O–H groups in total. The highest BCUT2D eigenvalue weighted by atomic mass is 16.7. The van der Waals surface area contributed by atoms with E-state index in [0.29, 0.717) is 11.3 Å². The number of aromatic carboxylic acids is 1. The molecule has 0 saturated heterocycles. The molecule has 0 heterocycles. The number of ether oxygens (including phenoxy) is 2. The van der Waals surface area contributed by atoms with Gasteiger partial charge in [-0.05, 0) is 24.6 Å². The lowest BCUT2D eigenvalue weighted by molar-refractivity contribution is -0.159. The number of aryl methyl sites for hydroxylation is 1. The quantitative estimate of drug-likeness (QED) is 0.548. The van der Waals surface area contributed by atoms with Gasteiger partial charge in [0.25, 0.3) is 0 Å². The third kappa shape index (κ3) is 6.36. The molecule has 0 radical (unpaired) electrons. The first-order chi connectivity index (χ1) is 9.29. The average Bonchev–Trinajstić information content (AvgIpc) is 2.38. The van der Waals surface area contributed by atoms with Crippen molar-refractivity contribution in [2.75, 3.05) is 13.9 Å². The van der Waals surface area contributed by atoms with Crippen LogP contribution in [-0.4, -0.2) is 47.1 Å². The molecule has 8 heteroatoms. The van der Waals surface area contributed by atoms with Gasteiger partial charge in [-0.25, -0.2) is 14.4 Å². The number of carbonyl (C=O) groups is 3. The summed E-state index contributed by atoms with van der Waals surface area (Å²) < 4.78 is 9.82. The fraction of sp³-hybridized carbons (Fsp3) is 0.250. The van der Waals surface area contributed by atoms with Crippen LogP contribution in [0.25, 0.3) is 0 Å². The predicted octanol–water partition coefficient (Wildman–Crippen LogP) is 0.832. The van der Waals surface area contributed by atoms with E-state index in [9.17, 15) is 4.79 Å². The zero-order valence-corrected chi connectivity index (χ0v) is 10.8. The van der Waals surface area contributed by atoms with Crippen molar-refractivity contribution in [1.29, 1.82) is 0 Å². The van der Waals surface area contributed by atoms with Crippen molar-refractivity contribution in [2.45, 2.75) is 6.92 Å². The molecule has 0 aromatic heterocycles. The molecule has 0 aliphatic carbocycles. The van der Waals surface area contributed by atoms with Crippen LogP contribution in [0.5, 0.6) is 5.75 Å². The Hall–Kier alpha value is -2.61. The number of rotatable bonds is 4. The summed E-state index contributed by atoms with van der Waals surface area (Å²) in [7, 11) is 1.51. The first kappa shape index (κ1) is 17.4. The summed E-state index contributed by atoms with van der Waals surface area (Å²) in [6.45, 7) is 1.85. The van der Waals surface area contributed by atoms with Gasteiger partial charge >= 0.3 is 17.9 Å². The maximum atomic E-state index is 10.8. The number of carboxylic acid groups (broad SMARTS) is 3. The lowest BCUT2D eigenvalue weighted by atomic mass is 10.1. The van der Waals surface area contributed by atoms with Gasteiger partial charge in [0.2, 0.25) is 0 Å². The summed E-state index contributed by atoms with van der Waals surface area (Å²) >= 11 is 0. The smallest absolute Gasteiger partial charge is 0.414 e. The van der Waals surface area contributed by atoms with Gasteiger partial charge in [-0.2, -0.15) is 0 Å². The Morgan fingerprint density at radius 2 is 1.65 bits per heavy atom. The van der Waals surface area contributed by atoms with Crippen molar-refractivity contribution in [1.82, 2.24) is 0 Å². The summed E-state index contributed by atoms with van der Waals surface area (Å²) in [5.74, 6) is -4.11. The molecule has 8 nitrogen and oxygen atoms in total. The van der Waals surface area contributed by atoms with Crippen LogP contribution in [-0.2, 0) is 14.3 Å². The number of carboxylic acids is 3. The standard InChI is InChI=1S/C10H12O4.C2H2O4/c1-7-3-4-8(14-6-13-2)5-9(7)10(11)12;3-1(4)2(5)6/h3-5H,6H2,1-2H3,(H,11,12);(H,3,4)(H,5,6). The molecule has 1 aromatic carbocycles. The zero-order valence-electron chi connectivity index (χ0n) is 10.8. The van der Waals surface area contributed by atoms with Gasteiger partial charge in [0.05, 0.1) is 5.56 Å². The fourth-order valence-electron chi connectivity index (χ4n) is 1.05. The van der Waals surface area contributed by atoms with E-state index in [-0.39, 0.29) is 12.4 Å². The molecule has 0 fully saturated rings. The molecular weight excluding hydrogens is 272 g/mol. The maximum absolute atomic E-state index is 10.8. The highest BCUT2D eigenvalue weighted by Gasteiger charge is 2.08. The van der Waals surface area contributed by atoms with Crippen molar-refractivity contribution < 1.29 is 39.2 Å². The van der Waals surface area contributed by atoms with Gasteiger partial charge in [-0.15, -0.1) is 0 Å². The van der Waals surface area contributed by atoms with Gasteiger partial charge in [0.15, 0.2) is 6.79 Å². The van der Waals surface area contributed by atoms with E-state index < -0.39 is 17.9 Å². The molecule has 0 aliphatic rings. The zero-order chi connectivity index (χ0) is 15.7. The Labute approximate surface area is 114 Å². The van der Waals surface area contributed by atoms with Crippen LogP contribution in [0.15, 0.2) is 18.2 Å². The van der Waals surface area contributed by atoms with Gasteiger partial charge in [0.1, 0.15) is 5.75 Å². The third-order valence-corrected chi connectivity index (χ3v) is 1.97. The lowest BCUT2D eigenvalue weighted by Crippen LogP contribution is -2.09. The van der Waals surface area contributed by atoms with Crippen LogP contribution in [0.3, 0.4) is 0 Å². The van der Waals surface area contributed by atoms with Crippen molar-refractivity contribution in [3.8, 4) is 5.75 Å². The van der Waals surface area contributed by atoms with E-state index >= 15 is 0 Å². The molecule has 20 heavy (non-hydrogen) atoms. The fourth-order valence-corrected chi connectivity index (χ4v) is 1.05. The van der Waals surface area contributed by atoms with Gasteiger partial charge in [0, 0.05) is 7.11 Å². The Bertz CT molecular complexity index is 482. The van der Waals surface area contributed by atoms with Crippen molar-refractivity contribution in [3.63, 3.8) is 0 Å². The molecule has 0 saturated carbocycles. The third-order valence-electron chi connectivity index (χ3n) is 1.97. The van der Waals surface area contributed by atoms with E-state index in [4.69, 9.17) is 34.4 Å². The SMILES string of the molecule is COCOc1ccc(C)c(C(=O)O)c1.O=C(O)C(=O)O. The van der Waals surface area contributed by atoms with Gasteiger partial charge in [-0.1, -0.05) is 6.07 Å². The highest BCUT2D eigenvalue weighted by molar-refractivity contribution is 6.27. The molecule has 0 unspecified atom stereocenters. The Morgan fingerprint density at radius 3 is 2.05 bits per heavy atom. The molecule has 0 spiro atoms. The average molecular weight is 286 g/mol. The summed E-state index contributed by atoms with van der Waals surface area (Å²) in [4.78, 5) is 29.0. The molecular formula is C12H14O8. The number of hydrogen-bond donors (Lipinski definition) is 3. The second kappa shape index (κ2) is 8.48. The summed E-state index contributed by atoms with van der Waals surface area (Å²) in [5, 5.41) is 23.6. The molecule has 1 rings (SSSR count). The van der Waals surface area contributed by atoms with E-state index in [1.165, 1.54) is 13.2 Å². The largest absolute Gasteiger partial charge is 0.478 e. The van der Waals surface area contributed by atoms with Crippen LogP contribution in [0, 0.1) is 6.92 Å². The van der Waals surface area contributed by atoms with Crippen LogP contribution in [0.2, 0.25) is 0 Å². The minimum atomic E-state index is -1.82. The molecule has 0 bridgehead atoms. The topological polar surface area (TPSA) is 130 Å². The summed E-state index contributed by atoms with van der Waals surface area (Å²) in [5.41, 5.74) is 0.959. The summed E-state index contributed by atoms with van der Waals surface area (Å²) in [6, 6.07) is 4.89. The van der Waals surface area contributed by atoms with Crippen LogP contribution in [0.1, 0.15) is 15.9 Å². The molecule has 0 atom stereocenters. The minimum absolute atomic E-state index is 0.113. The van der Waals surface area contributed by atoms with Crippen LogP contribution in [0.4, 0.5) is 0 Å². The van der Waals surface area contributed by atoms with Crippen LogP contribution < -0.4 is 4.74 Å². The monoisotopic (exact) mass is 286 g/mol. The number of methoxy groups -OCH3 is 1. The number of hydrogen-bond acceptors (Lipinski definition) is 5. The van der Waals surface area contributed by atoms with E-state index in [2.05, 4.69) is 0 Å². The van der Waals surface area contributed by atoms with E-state index in [0.717, 1.165) is 0 Å². The second-order valence-electron chi connectivity index (χ2n) is 3.44. The first-order valence-electron chi connectivity index (χ1n) is 5.21. The molecule has 110 valence electrons. The highest BCUT2D eigenvalue weighted by Crippen LogP contribution is 2.17. The minimum Gasteiger partial charge on any atom is -0.478 e. The van der Waals surface area contributed by atoms with Crippen molar-refractivity contribution in [3.05, 3.63) is 29.3 Å². The number of aliphatic carboxylic acids is 2. The van der Waals surface area contributed by atoms with Gasteiger partial charge in [-0.3, -0.25) is 0 Å². The van der Waals surface area contributed by atoms with E-state index in [1.807, 2.05) is 0 Å². The molecule has 0 aliphatic heterocycles. The Morgan fingerprint density at radius 1 is 1.10 bits per heavy atom. The predicted molar refractivity (Wildman–Crippen MR) is 65.9 cm³/mol. The molecule has 0 amide bonds. The van der Waals surface area contributed by atoms with Crippen LogP contribution >= 0.6 is 0 Å². The first-order valence-corrected chi connectivity index (χ1v) is 5.21. The second-order valence-corrected chi connectivity index (χ2v) is 3.44. The summed E-state index contributed by atoms with van der Waals surface area (Å²) in [6.07, 6.45) is 0. The lowest BCUT2D eigenvalue weighted by Gasteiger charge is -2.06. The molecule has 1 aromatic rings. The number of benzene rings is 1.